The van der Waals surface area contributed by atoms with E-state index in [1.165, 1.54) is 18.2 Å². The molecule has 1 aromatic rings. The summed E-state index contributed by atoms with van der Waals surface area (Å²) in [6.07, 6.45) is -1.81. The number of hydrogen-bond donors (Lipinski definition) is 4. The van der Waals surface area contributed by atoms with E-state index in [2.05, 4.69) is 5.32 Å². The van der Waals surface area contributed by atoms with Gasteiger partial charge in [0, 0.05) is 6.07 Å². The second-order valence-corrected chi connectivity index (χ2v) is 3.98. The van der Waals surface area contributed by atoms with Crippen molar-refractivity contribution in [1.29, 1.82) is 0 Å². The number of rotatable bonds is 6. The van der Waals surface area contributed by atoms with Gasteiger partial charge in [0.2, 0.25) is 0 Å². The Bertz CT molecular complexity index is 425. The zero-order valence-electron chi connectivity index (χ0n) is 10.0. The van der Waals surface area contributed by atoms with Gasteiger partial charge < -0.3 is 21.3 Å². The van der Waals surface area contributed by atoms with Gasteiger partial charge >= 0.3 is 0 Å². The minimum Gasteiger partial charge on any atom is -0.393 e. The quantitative estimate of drug-likeness (QED) is 0.327. The number of benzene rings is 1. The summed E-state index contributed by atoms with van der Waals surface area (Å²) in [4.78, 5) is 10.1. The Morgan fingerprint density at radius 3 is 2.72 bits per heavy atom. The highest BCUT2D eigenvalue weighted by Gasteiger charge is 2.21. The van der Waals surface area contributed by atoms with E-state index in [0.717, 1.165) is 0 Å². The lowest BCUT2D eigenvalue weighted by Gasteiger charge is -2.18. The second kappa shape index (κ2) is 6.29. The molecule has 0 aliphatic rings. The van der Waals surface area contributed by atoms with Crippen LogP contribution in [0.15, 0.2) is 18.2 Å². The molecule has 7 heteroatoms. The zero-order chi connectivity index (χ0) is 13.7. The van der Waals surface area contributed by atoms with Crippen LogP contribution in [-0.4, -0.2) is 34.8 Å². The number of nitrogens with zero attached hydrogens (tertiary/aromatic N) is 1. The van der Waals surface area contributed by atoms with Crippen LogP contribution < -0.4 is 11.1 Å². The smallest absolute Gasteiger partial charge is 0.292 e. The van der Waals surface area contributed by atoms with E-state index in [-0.39, 0.29) is 16.9 Å². The Hall–Kier alpha value is -1.70. The maximum absolute atomic E-state index is 10.7. The predicted molar refractivity (Wildman–Crippen MR) is 67.0 cm³/mol. The van der Waals surface area contributed by atoms with Crippen molar-refractivity contribution in [1.82, 2.24) is 5.32 Å². The number of nitrogens with one attached hydrogen (secondary N) is 1. The van der Waals surface area contributed by atoms with Gasteiger partial charge in [-0.05, 0) is 31.6 Å². The molecule has 0 amide bonds. The van der Waals surface area contributed by atoms with Crippen molar-refractivity contribution in [2.45, 2.75) is 18.6 Å². The molecule has 0 fully saturated rings. The number of nitro benzene ring substituents is 1. The van der Waals surface area contributed by atoms with Gasteiger partial charge in [-0.2, -0.15) is 0 Å². The third-order valence-corrected chi connectivity index (χ3v) is 2.65. The van der Waals surface area contributed by atoms with Crippen molar-refractivity contribution in [3.8, 4) is 0 Å². The summed E-state index contributed by atoms with van der Waals surface area (Å²) in [6.45, 7) is 0.537. The van der Waals surface area contributed by atoms with E-state index in [9.17, 15) is 20.3 Å². The molecule has 2 unspecified atom stereocenters. The second-order valence-electron chi connectivity index (χ2n) is 3.98. The lowest BCUT2D eigenvalue weighted by atomic mass is 10.0. The van der Waals surface area contributed by atoms with Gasteiger partial charge in [0.05, 0.1) is 11.0 Å². The molecule has 1 aromatic carbocycles. The van der Waals surface area contributed by atoms with Gasteiger partial charge in [-0.3, -0.25) is 10.1 Å². The average Bonchev–Trinajstić information content (AvgIpc) is 2.35. The first-order valence-corrected chi connectivity index (χ1v) is 5.52. The van der Waals surface area contributed by atoms with Crippen molar-refractivity contribution >= 4 is 11.4 Å². The molecule has 0 heterocycles. The maximum Gasteiger partial charge on any atom is 0.292 e. The van der Waals surface area contributed by atoms with Crippen LogP contribution in [0, 0.1) is 10.1 Å². The summed E-state index contributed by atoms with van der Waals surface area (Å²) in [5.41, 5.74) is 5.49. The predicted octanol–water partition coefficient (Wildman–Crippen LogP) is 0.181. The molecule has 100 valence electrons. The molecule has 0 aromatic heterocycles. The highest BCUT2D eigenvalue weighted by molar-refractivity contribution is 5.59. The van der Waals surface area contributed by atoms with Gasteiger partial charge in [0.25, 0.3) is 5.69 Å². The molecular formula is C11H17N3O4. The lowest BCUT2D eigenvalue weighted by molar-refractivity contribution is -0.384. The Morgan fingerprint density at radius 2 is 2.17 bits per heavy atom. The summed E-state index contributed by atoms with van der Waals surface area (Å²) in [5.74, 6) is 0. The number of aliphatic hydroxyl groups is 2. The van der Waals surface area contributed by atoms with Gasteiger partial charge in [-0.15, -0.1) is 0 Å². The van der Waals surface area contributed by atoms with E-state index in [1.54, 1.807) is 7.05 Å². The fourth-order valence-electron chi connectivity index (χ4n) is 1.58. The number of nitrogen functional groups attached to an aromatic ring is 1. The Labute approximate surface area is 104 Å². The summed E-state index contributed by atoms with van der Waals surface area (Å²) < 4.78 is 0. The highest BCUT2D eigenvalue weighted by atomic mass is 16.6. The number of nitrogens with two attached hydrogens (primary N) is 1. The fraction of sp³-hybridized carbons (Fsp3) is 0.455. The SMILES string of the molecule is CNCCC(O)C(O)c1ccc(N)c([N+](=O)[O-])c1. The normalized spacial score (nSPS) is 14.2. The molecule has 5 N–H and O–H groups in total. The maximum atomic E-state index is 10.7. The van der Waals surface area contributed by atoms with Gasteiger partial charge in [-0.25, -0.2) is 0 Å². The standard InChI is InChI=1S/C11H17N3O4/c1-13-5-4-10(15)11(16)7-2-3-8(12)9(6-7)14(17)18/h2-3,6,10-11,13,15-16H,4-5,12H2,1H3. The summed E-state index contributed by atoms with van der Waals surface area (Å²) in [7, 11) is 1.73. The molecule has 0 saturated heterocycles. The van der Waals surface area contributed by atoms with Crippen molar-refractivity contribution in [2.24, 2.45) is 0 Å². The largest absolute Gasteiger partial charge is 0.393 e. The molecule has 0 saturated carbocycles. The summed E-state index contributed by atoms with van der Waals surface area (Å²) >= 11 is 0. The third-order valence-electron chi connectivity index (χ3n) is 2.65. The van der Waals surface area contributed by atoms with Crippen molar-refractivity contribution < 1.29 is 15.1 Å². The van der Waals surface area contributed by atoms with Crippen molar-refractivity contribution in [2.75, 3.05) is 19.3 Å². The van der Waals surface area contributed by atoms with Crippen LogP contribution in [0.2, 0.25) is 0 Å². The molecule has 2 atom stereocenters. The Morgan fingerprint density at radius 1 is 1.50 bits per heavy atom. The monoisotopic (exact) mass is 255 g/mol. The number of nitro groups is 1. The molecule has 0 aliphatic carbocycles. The van der Waals surface area contributed by atoms with Crippen LogP contribution in [0.25, 0.3) is 0 Å². The summed E-state index contributed by atoms with van der Waals surface area (Å²) in [5, 5.41) is 33.1. The molecule has 7 nitrogen and oxygen atoms in total. The van der Waals surface area contributed by atoms with Crippen molar-refractivity contribution in [3.05, 3.63) is 33.9 Å². The number of anilines is 1. The molecule has 1 rings (SSSR count). The minimum absolute atomic E-state index is 0.0284. The van der Waals surface area contributed by atoms with E-state index < -0.39 is 17.1 Å². The van der Waals surface area contributed by atoms with E-state index in [0.29, 0.717) is 13.0 Å². The first kappa shape index (κ1) is 14.4. The van der Waals surface area contributed by atoms with Gasteiger partial charge in [-0.1, -0.05) is 6.07 Å². The van der Waals surface area contributed by atoms with Gasteiger partial charge in [0.1, 0.15) is 11.8 Å². The van der Waals surface area contributed by atoms with Crippen LogP contribution in [0.4, 0.5) is 11.4 Å². The lowest BCUT2D eigenvalue weighted by Crippen LogP contribution is -2.23. The van der Waals surface area contributed by atoms with Crippen LogP contribution in [0.3, 0.4) is 0 Å². The van der Waals surface area contributed by atoms with E-state index >= 15 is 0 Å². The van der Waals surface area contributed by atoms with Crippen LogP contribution in [-0.2, 0) is 0 Å². The van der Waals surface area contributed by atoms with E-state index in [1.807, 2.05) is 0 Å². The number of hydrogen-bond acceptors (Lipinski definition) is 6. The average molecular weight is 255 g/mol. The summed E-state index contributed by atoms with van der Waals surface area (Å²) in [6, 6.07) is 4.00. The van der Waals surface area contributed by atoms with Crippen LogP contribution >= 0.6 is 0 Å². The first-order chi connectivity index (χ1) is 8.47. The zero-order valence-corrected chi connectivity index (χ0v) is 10.0. The van der Waals surface area contributed by atoms with Crippen molar-refractivity contribution in [3.63, 3.8) is 0 Å². The Kier molecular flexibility index (Phi) is 5.02. The number of aliphatic hydroxyl groups excluding tert-OH is 2. The molecule has 0 aliphatic heterocycles. The van der Waals surface area contributed by atoms with E-state index in [4.69, 9.17) is 5.73 Å². The van der Waals surface area contributed by atoms with Crippen LogP contribution in [0.1, 0.15) is 18.1 Å². The first-order valence-electron chi connectivity index (χ1n) is 5.52. The fourth-order valence-corrected chi connectivity index (χ4v) is 1.58. The third kappa shape index (κ3) is 3.39. The van der Waals surface area contributed by atoms with Crippen LogP contribution in [0.5, 0.6) is 0 Å². The molecule has 0 spiro atoms. The Balaban J connectivity index is 2.89. The minimum atomic E-state index is -1.17. The molecular weight excluding hydrogens is 238 g/mol. The molecule has 18 heavy (non-hydrogen) atoms. The van der Waals surface area contributed by atoms with Gasteiger partial charge in [0.15, 0.2) is 0 Å². The molecule has 0 radical (unpaired) electrons. The highest BCUT2D eigenvalue weighted by Crippen LogP contribution is 2.27. The molecule has 0 bridgehead atoms. The topological polar surface area (TPSA) is 122 Å².